The van der Waals surface area contributed by atoms with Crippen LogP contribution in [-0.4, -0.2) is 24.1 Å². The van der Waals surface area contributed by atoms with Crippen LogP contribution in [0.5, 0.6) is 0 Å². The van der Waals surface area contributed by atoms with E-state index >= 15 is 0 Å². The standard InChI is InChI=1S/C9H15N3/c1-5-8-6-9(12(3)4)11-7(2)10-8/h6H,5H2,1-4H3. The predicted octanol–water partition coefficient (Wildman–Crippen LogP) is 1.41. The normalized spacial score (nSPS) is 10.0. The molecule has 3 nitrogen and oxygen atoms in total. The van der Waals surface area contributed by atoms with Gasteiger partial charge in [0.1, 0.15) is 11.6 Å². The summed E-state index contributed by atoms with van der Waals surface area (Å²) in [4.78, 5) is 10.6. The molecule has 0 amide bonds. The van der Waals surface area contributed by atoms with Crippen LogP contribution in [0, 0.1) is 6.92 Å². The fourth-order valence-corrected chi connectivity index (χ4v) is 1.02. The third-order valence-corrected chi connectivity index (χ3v) is 1.70. The minimum atomic E-state index is 0.845. The van der Waals surface area contributed by atoms with Gasteiger partial charge in [-0.2, -0.15) is 0 Å². The Morgan fingerprint density at radius 1 is 1.33 bits per heavy atom. The molecule has 0 aliphatic rings. The van der Waals surface area contributed by atoms with Crippen LogP contribution in [-0.2, 0) is 6.42 Å². The van der Waals surface area contributed by atoms with E-state index < -0.39 is 0 Å². The van der Waals surface area contributed by atoms with Crippen molar-refractivity contribution in [2.24, 2.45) is 0 Å². The second-order valence-electron chi connectivity index (χ2n) is 3.01. The number of nitrogens with zero attached hydrogens (tertiary/aromatic N) is 3. The van der Waals surface area contributed by atoms with Gasteiger partial charge in [-0.1, -0.05) is 6.92 Å². The third kappa shape index (κ3) is 1.94. The van der Waals surface area contributed by atoms with Gasteiger partial charge in [0.15, 0.2) is 0 Å². The molecule has 12 heavy (non-hydrogen) atoms. The Kier molecular flexibility index (Phi) is 2.63. The van der Waals surface area contributed by atoms with E-state index in [1.807, 2.05) is 32.0 Å². The number of aromatic nitrogens is 2. The quantitative estimate of drug-likeness (QED) is 0.663. The minimum Gasteiger partial charge on any atom is -0.363 e. The van der Waals surface area contributed by atoms with Crippen LogP contribution in [0.25, 0.3) is 0 Å². The fraction of sp³-hybridized carbons (Fsp3) is 0.556. The number of hydrogen-bond donors (Lipinski definition) is 0. The smallest absolute Gasteiger partial charge is 0.131 e. The molecule has 0 radical (unpaired) electrons. The Hall–Kier alpha value is -1.12. The van der Waals surface area contributed by atoms with Crippen molar-refractivity contribution in [2.75, 3.05) is 19.0 Å². The topological polar surface area (TPSA) is 29.0 Å². The first-order valence-electron chi connectivity index (χ1n) is 4.15. The van der Waals surface area contributed by atoms with Crippen LogP contribution in [0.4, 0.5) is 5.82 Å². The predicted molar refractivity (Wildman–Crippen MR) is 50.5 cm³/mol. The zero-order valence-electron chi connectivity index (χ0n) is 8.13. The monoisotopic (exact) mass is 165 g/mol. The van der Waals surface area contributed by atoms with E-state index in [1.54, 1.807) is 0 Å². The second kappa shape index (κ2) is 3.52. The molecular formula is C9H15N3. The molecule has 0 aliphatic carbocycles. The molecule has 1 heterocycles. The van der Waals surface area contributed by atoms with E-state index in [1.165, 1.54) is 0 Å². The van der Waals surface area contributed by atoms with Gasteiger partial charge in [-0.25, -0.2) is 9.97 Å². The summed E-state index contributed by atoms with van der Waals surface area (Å²) in [6.45, 7) is 4.02. The van der Waals surface area contributed by atoms with Crippen molar-refractivity contribution in [3.63, 3.8) is 0 Å². The van der Waals surface area contributed by atoms with Crippen molar-refractivity contribution in [1.29, 1.82) is 0 Å². The molecule has 0 N–H and O–H groups in total. The lowest BCUT2D eigenvalue weighted by atomic mass is 10.3. The summed E-state index contributed by atoms with van der Waals surface area (Å²) in [5, 5.41) is 0. The summed E-state index contributed by atoms with van der Waals surface area (Å²) >= 11 is 0. The van der Waals surface area contributed by atoms with Gasteiger partial charge in [0.25, 0.3) is 0 Å². The average molecular weight is 165 g/mol. The summed E-state index contributed by atoms with van der Waals surface area (Å²) in [6, 6.07) is 2.02. The summed E-state index contributed by atoms with van der Waals surface area (Å²) in [6.07, 6.45) is 0.962. The van der Waals surface area contributed by atoms with Crippen molar-refractivity contribution in [2.45, 2.75) is 20.3 Å². The zero-order valence-corrected chi connectivity index (χ0v) is 8.13. The van der Waals surface area contributed by atoms with Crippen LogP contribution in [0.3, 0.4) is 0 Å². The highest BCUT2D eigenvalue weighted by Gasteiger charge is 2.00. The van der Waals surface area contributed by atoms with E-state index in [2.05, 4.69) is 16.9 Å². The molecule has 1 aromatic rings. The number of aryl methyl sites for hydroxylation is 2. The summed E-state index contributed by atoms with van der Waals surface area (Å²) in [5.41, 5.74) is 1.10. The van der Waals surface area contributed by atoms with Crippen molar-refractivity contribution >= 4 is 5.82 Å². The van der Waals surface area contributed by atoms with Gasteiger partial charge >= 0.3 is 0 Å². The van der Waals surface area contributed by atoms with Crippen LogP contribution in [0.1, 0.15) is 18.4 Å². The van der Waals surface area contributed by atoms with E-state index in [9.17, 15) is 0 Å². The first kappa shape index (κ1) is 8.97. The summed E-state index contributed by atoms with van der Waals surface area (Å²) < 4.78 is 0. The molecule has 0 bridgehead atoms. The number of hydrogen-bond acceptors (Lipinski definition) is 3. The lowest BCUT2D eigenvalue weighted by Crippen LogP contribution is -2.12. The molecule has 0 aromatic carbocycles. The molecule has 1 rings (SSSR count). The van der Waals surface area contributed by atoms with Gasteiger partial charge in [-0.05, 0) is 13.3 Å². The van der Waals surface area contributed by atoms with E-state index in [0.717, 1.165) is 23.8 Å². The maximum Gasteiger partial charge on any atom is 0.131 e. The summed E-state index contributed by atoms with van der Waals surface area (Å²) in [5.74, 6) is 1.83. The molecule has 0 spiro atoms. The molecule has 3 heteroatoms. The van der Waals surface area contributed by atoms with E-state index in [4.69, 9.17) is 0 Å². The van der Waals surface area contributed by atoms with Gasteiger partial charge in [0, 0.05) is 25.9 Å². The Bertz CT molecular complexity index is 268. The maximum atomic E-state index is 4.30. The number of rotatable bonds is 2. The lowest BCUT2D eigenvalue weighted by molar-refractivity contribution is 0.924. The average Bonchev–Trinajstić information content (AvgIpc) is 2.03. The van der Waals surface area contributed by atoms with Crippen LogP contribution >= 0.6 is 0 Å². The molecule has 0 saturated carbocycles. The second-order valence-corrected chi connectivity index (χ2v) is 3.01. The molecule has 0 fully saturated rings. The van der Waals surface area contributed by atoms with Gasteiger partial charge in [-0.15, -0.1) is 0 Å². The van der Waals surface area contributed by atoms with Crippen molar-refractivity contribution in [1.82, 2.24) is 9.97 Å². The number of anilines is 1. The Labute approximate surface area is 73.5 Å². The van der Waals surface area contributed by atoms with Gasteiger partial charge in [-0.3, -0.25) is 0 Å². The van der Waals surface area contributed by atoms with Crippen molar-refractivity contribution in [3.8, 4) is 0 Å². The molecule has 0 atom stereocenters. The van der Waals surface area contributed by atoms with Crippen molar-refractivity contribution < 1.29 is 0 Å². The zero-order chi connectivity index (χ0) is 9.14. The Balaban J connectivity index is 3.06. The Morgan fingerprint density at radius 2 is 2.00 bits per heavy atom. The highest BCUT2D eigenvalue weighted by molar-refractivity contribution is 5.37. The highest BCUT2D eigenvalue weighted by Crippen LogP contribution is 2.09. The van der Waals surface area contributed by atoms with Gasteiger partial charge in [0.05, 0.1) is 0 Å². The van der Waals surface area contributed by atoms with Gasteiger partial charge < -0.3 is 4.90 Å². The first-order valence-corrected chi connectivity index (χ1v) is 4.15. The van der Waals surface area contributed by atoms with Gasteiger partial charge in [0.2, 0.25) is 0 Å². The lowest BCUT2D eigenvalue weighted by Gasteiger charge is -2.12. The molecule has 0 aliphatic heterocycles. The molecule has 66 valence electrons. The van der Waals surface area contributed by atoms with E-state index in [-0.39, 0.29) is 0 Å². The van der Waals surface area contributed by atoms with Crippen LogP contribution < -0.4 is 4.90 Å². The molecule has 1 aromatic heterocycles. The van der Waals surface area contributed by atoms with Crippen LogP contribution in [0.15, 0.2) is 6.07 Å². The van der Waals surface area contributed by atoms with E-state index in [0.29, 0.717) is 0 Å². The maximum absolute atomic E-state index is 4.30. The van der Waals surface area contributed by atoms with Crippen molar-refractivity contribution in [3.05, 3.63) is 17.6 Å². The molecular weight excluding hydrogens is 150 g/mol. The minimum absolute atomic E-state index is 0.845. The third-order valence-electron chi connectivity index (χ3n) is 1.70. The highest BCUT2D eigenvalue weighted by atomic mass is 15.1. The SMILES string of the molecule is CCc1cc(N(C)C)nc(C)n1. The molecule has 0 saturated heterocycles. The fourth-order valence-electron chi connectivity index (χ4n) is 1.02. The van der Waals surface area contributed by atoms with Crippen LogP contribution in [0.2, 0.25) is 0 Å². The summed E-state index contributed by atoms with van der Waals surface area (Å²) in [7, 11) is 3.97. The largest absolute Gasteiger partial charge is 0.363 e. The Morgan fingerprint density at radius 3 is 2.50 bits per heavy atom. The molecule has 0 unspecified atom stereocenters. The first-order chi connectivity index (χ1) is 5.63.